The van der Waals surface area contributed by atoms with Gasteiger partial charge in [0.05, 0.1) is 15.9 Å². The van der Waals surface area contributed by atoms with Gasteiger partial charge in [0.2, 0.25) is 0 Å². The maximum absolute atomic E-state index is 11.7. The zero-order chi connectivity index (χ0) is 25.0. The van der Waals surface area contributed by atoms with E-state index in [1.807, 2.05) is 26.0 Å². The summed E-state index contributed by atoms with van der Waals surface area (Å²) in [5.74, 6) is -0.351. The van der Waals surface area contributed by atoms with Crippen molar-refractivity contribution in [2.75, 3.05) is 31.1 Å². The monoisotopic (exact) mass is 536 g/mol. The van der Waals surface area contributed by atoms with E-state index in [0.717, 1.165) is 17.4 Å². The summed E-state index contributed by atoms with van der Waals surface area (Å²) in [7, 11) is -3.39. The maximum Gasteiger partial charge on any atom is 0.185 e. The molecular weight excluding hydrogens is 511 g/mol. The Morgan fingerprint density at radius 1 is 1.00 bits per heavy atom. The molecule has 0 saturated heterocycles. The van der Waals surface area contributed by atoms with Gasteiger partial charge in [-0.15, -0.1) is 11.6 Å². The maximum atomic E-state index is 11.7. The normalized spacial score (nSPS) is 13.9. The first-order chi connectivity index (χ1) is 15.1. The lowest BCUT2D eigenvalue weighted by Crippen LogP contribution is -2.34. The molecule has 0 aromatic heterocycles. The minimum absolute atomic E-state index is 0.00106. The van der Waals surface area contributed by atoms with E-state index in [-0.39, 0.29) is 24.8 Å². The molecule has 0 heterocycles. The number of aliphatic hydroxyl groups is 1. The summed E-state index contributed by atoms with van der Waals surface area (Å²) in [4.78, 5) is 11.7. The molecule has 0 bridgehead atoms. The number of sulfone groups is 1. The largest absolute Gasteiger partial charge is 0.487 e. The van der Waals surface area contributed by atoms with Crippen LogP contribution in [0.3, 0.4) is 0 Å². The molecule has 0 saturated carbocycles. The van der Waals surface area contributed by atoms with E-state index in [1.54, 1.807) is 31.2 Å². The molecule has 0 radical (unpaired) electrons. The van der Waals surface area contributed by atoms with Crippen LogP contribution in [0.15, 0.2) is 36.4 Å². The van der Waals surface area contributed by atoms with E-state index in [9.17, 15) is 18.3 Å². The Morgan fingerprint density at radius 2 is 1.55 bits per heavy atom. The number of carbonyl (C=O) groups is 1. The third-order valence-corrected chi connectivity index (χ3v) is 6.92. The molecule has 0 aliphatic carbocycles. The van der Waals surface area contributed by atoms with E-state index in [1.165, 1.54) is 0 Å². The minimum Gasteiger partial charge on any atom is -0.487 e. The molecule has 0 unspecified atom stereocenters. The minimum atomic E-state index is -3.39. The van der Waals surface area contributed by atoms with Crippen LogP contribution in [-0.2, 0) is 20.0 Å². The average molecular weight is 538 g/mol. The quantitative estimate of drug-likeness (QED) is 0.419. The Hall–Kier alpha value is -1.51. The second-order valence-corrected chi connectivity index (χ2v) is 12.0. The molecule has 1 atom stereocenters. The van der Waals surface area contributed by atoms with Crippen LogP contribution in [0.1, 0.15) is 31.9 Å². The predicted molar refractivity (Wildman–Crippen MR) is 132 cm³/mol. The molecule has 6 nitrogen and oxygen atoms in total. The molecule has 10 heteroatoms. The number of ketones is 1. The molecule has 2 aromatic rings. The molecule has 1 N–H and O–H groups in total. The lowest BCUT2D eigenvalue weighted by Gasteiger charge is -2.28. The van der Waals surface area contributed by atoms with E-state index >= 15 is 0 Å². The number of Topliss-reactive ketones (excluding diaryl/α,β-unsaturated/α-hetero) is 1. The van der Waals surface area contributed by atoms with E-state index in [4.69, 9.17) is 44.3 Å². The van der Waals surface area contributed by atoms with Crippen LogP contribution in [0.4, 0.5) is 0 Å². The second-order valence-electron chi connectivity index (χ2n) is 8.74. The first-order valence-corrected chi connectivity index (χ1v) is 13.3. The molecule has 2 rings (SSSR count). The molecule has 33 heavy (non-hydrogen) atoms. The number of benzene rings is 2. The third kappa shape index (κ3) is 8.04. The van der Waals surface area contributed by atoms with Crippen molar-refractivity contribution in [3.8, 4) is 11.5 Å². The van der Waals surface area contributed by atoms with Gasteiger partial charge in [-0.05, 0) is 42.3 Å². The van der Waals surface area contributed by atoms with Crippen molar-refractivity contribution in [1.82, 2.24) is 0 Å². The summed E-state index contributed by atoms with van der Waals surface area (Å²) in [6.07, 6.45) is 1.00. The van der Waals surface area contributed by atoms with Gasteiger partial charge in [0.15, 0.2) is 21.4 Å². The lowest BCUT2D eigenvalue weighted by atomic mass is 9.78. The third-order valence-electron chi connectivity index (χ3n) is 4.93. The molecule has 2 aromatic carbocycles. The van der Waals surface area contributed by atoms with Gasteiger partial charge in [-0.1, -0.05) is 49.2 Å². The number of hydrogen-bond acceptors (Lipinski definition) is 6. The number of carbonyl (C=O) groups excluding carboxylic acids is 1. The van der Waals surface area contributed by atoms with Gasteiger partial charge in [-0.2, -0.15) is 0 Å². The van der Waals surface area contributed by atoms with Gasteiger partial charge in [-0.3, -0.25) is 4.79 Å². The van der Waals surface area contributed by atoms with Crippen LogP contribution >= 0.6 is 34.8 Å². The summed E-state index contributed by atoms with van der Waals surface area (Å²) >= 11 is 18.6. The highest BCUT2D eigenvalue weighted by molar-refractivity contribution is 7.91. The fraction of sp³-hybridized carbons (Fsp3) is 0.435. The van der Waals surface area contributed by atoms with Crippen LogP contribution < -0.4 is 9.47 Å². The van der Waals surface area contributed by atoms with Crippen LogP contribution in [0.5, 0.6) is 11.5 Å². The topological polar surface area (TPSA) is 89.9 Å². The molecule has 0 amide bonds. The Morgan fingerprint density at radius 3 is 2.03 bits per heavy atom. The van der Waals surface area contributed by atoms with Crippen LogP contribution in [-0.4, -0.2) is 56.0 Å². The van der Waals surface area contributed by atoms with Gasteiger partial charge < -0.3 is 14.6 Å². The van der Waals surface area contributed by atoms with Gasteiger partial charge in [0.1, 0.15) is 30.3 Å². The summed E-state index contributed by atoms with van der Waals surface area (Å²) in [5.41, 5.74) is 0.0675. The van der Waals surface area contributed by atoms with Gasteiger partial charge in [-0.25, -0.2) is 8.42 Å². The average Bonchev–Trinajstić information content (AvgIpc) is 2.70. The Labute approximate surface area is 209 Å². The Balaban J connectivity index is 2.16. The number of halogens is 3. The lowest BCUT2D eigenvalue weighted by molar-refractivity contribution is -0.118. The molecular formula is C23H27Cl3O6S. The predicted octanol–water partition coefficient (Wildman–Crippen LogP) is 4.68. The zero-order valence-corrected chi connectivity index (χ0v) is 21.9. The highest BCUT2D eigenvalue weighted by Crippen LogP contribution is 2.41. The Bertz CT molecular complexity index is 1070. The number of alkyl halides is 1. The van der Waals surface area contributed by atoms with Crippen LogP contribution in [0, 0.1) is 0 Å². The van der Waals surface area contributed by atoms with Gasteiger partial charge in [0.25, 0.3) is 0 Å². The summed E-state index contributed by atoms with van der Waals surface area (Å²) in [5, 5.41) is 10.7. The molecule has 0 fully saturated rings. The zero-order valence-electron chi connectivity index (χ0n) is 18.8. The first-order valence-electron chi connectivity index (χ1n) is 9.98. The smallest absolute Gasteiger partial charge is 0.185 e. The highest BCUT2D eigenvalue weighted by Gasteiger charge is 2.27. The SMILES string of the molecule is CC(C)(c1ccc(OCC(=O)CS(C)(=O)=O)cc1)c1cc(Cl)c(OC[C@](C)(O)CCl)c(Cl)c1. The highest BCUT2D eigenvalue weighted by atomic mass is 35.5. The van der Waals surface area contributed by atoms with E-state index in [0.29, 0.717) is 15.8 Å². The van der Waals surface area contributed by atoms with Crippen LogP contribution in [0.25, 0.3) is 0 Å². The van der Waals surface area contributed by atoms with Crippen LogP contribution in [0.2, 0.25) is 10.0 Å². The van der Waals surface area contributed by atoms with Crippen molar-refractivity contribution in [2.45, 2.75) is 31.8 Å². The second kappa shape index (κ2) is 10.8. The van der Waals surface area contributed by atoms with Gasteiger partial charge >= 0.3 is 0 Å². The molecule has 0 aliphatic heterocycles. The summed E-state index contributed by atoms with van der Waals surface area (Å²) < 4.78 is 33.4. The molecule has 0 spiro atoms. The fourth-order valence-electron chi connectivity index (χ4n) is 2.96. The van der Waals surface area contributed by atoms with Crippen molar-refractivity contribution in [2.24, 2.45) is 0 Å². The fourth-order valence-corrected chi connectivity index (χ4v) is 4.30. The standard InChI is InChI=1S/C23H27Cl3O6S/c1-22(2,15-5-7-18(8-6-15)31-11-17(27)12-33(4,29)30)16-9-19(25)21(20(26)10-16)32-14-23(3,28)13-24/h5-10,28H,11-14H2,1-4H3/t23-/m1/s1. The number of hydrogen-bond donors (Lipinski definition) is 1. The molecule has 182 valence electrons. The van der Waals surface area contributed by atoms with Gasteiger partial charge in [0, 0.05) is 11.7 Å². The van der Waals surface area contributed by atoms with E-state index < -0.39 is 32.4 Å². The summed E-state index contributed by atoms with van der Waals surface area (Å²) in [6, 6.07) is 10.6. The Kier molecular flexibility index (Phi) is 9.10. The molecule has 0 aliphatic rings. The van der Waals surface area contributed by atoms with Crippen molar-refractivity contribution in [3.63, 3.8) is 0 Å². The summed E-state index contributed by atoms with van der Waals surface area (Å²) in [6.45, 7) is 5.17. The van der Waals surface area contributed by atoms with Crippen molar-refractivity contribution >= 4 is 50.4 Å². The van der Waals surface area contributed by atoms with Crippen molar-refractivity contribution < 1.29 is 27.8 Å². The first kappa shape index (κ1) is 27.7. The number of rotatable bonds is 11. The van der Waals surface area contributed by atoms with Crippen molar-refractivity contribution in [3.05, 3.63) is 57.6 Å². The van der Waals surface area contributed by atoms with E-state index in [2.05, 4.69) is 0 Å². The van der Waals surface area contributed by atoms with Crippen molar-refractivity contribution in [1.29, 1.82) is 0 Å². The number of ether oxygens (including phenoxy) is 2.